The molecular weight excluding hydrogens is 295 g/mol. The van der Waals surface area contributed by atoms with Crippen LogP contribution in [0.4, 0.5) is 30.7 Å². The van der Waals surface area contributed by atoms with E-state index in [0.717, 1.165) is 12.1 Å². The molecule has 0 aliphatic rings. The summed E-state index contributed by atoms with van der Waals surface area (Å²) in [6, 6.07) is 1.89. The van der Waals surface area contributed by atoms with Crippen LogP contribution < -0.4 is 0 Å². The summed E-state index contributed by atoms with van der Waals surface area (Å²) in [7, 11) is 0. The van der Waals surface area contributed by atoms with Crippen LogP contribution in [0.15, 0.2) is 0 Å². The highest BCUT2D eigenvalue weighted by Gasteiger charge is 2.44. The van der Waals surface area contributed by atoms with Crippen molar-refractivity contribution >= 4 is 0 Å². The van der Waals surface area contributed by atoms with Gasteiger partial charge in [-0.15, -0.1) is 0 Å². The summed E-state index contributed by atoms with van der Waals surface area (Å²) >= 11 is 0. The summed E-state index contributed by atoms with van der Waals surface area (Å²) < 4.78 is 89.0. The van der Waals surface area contributed by atoms with Crippen LogP contribution in [0.3, 0.4) is 0 Å². The third-order valence-electron chi connectivity index (χ3n) is 2.14. The standard InChI is InChI=1S/C10H2F7N3/c11-7-4(1-2-18)8(10(15,16)17)20-5(3-19)6(7)9(12,13)14/h1H2. The zero-order valence-electron chi connectivity index (χ0n) is 9.19. The molecule has 1 rings (SSSR count). The van der Waals surface area contributed by atoms with Gasteiger partial charge in [0, 0.05) is 5.56 Å². The summed E-state index contributed by atoms with van der Waals surface area (Å²) in [5, 5.41) is 16.7. The molecule has 0 bridgehead atoms. The van der Waals surface area contributed by atoms with Gasteiger partial charge in [0.05, 0.1) is 12.5 Å². The van der Waals surface area contributed by atoms with E-state index in [1.54, 1.807) is 0 Å². The lowest BCUT2D eigenvalue weighted by molar-refractivity contribution is -0.146. The van der Waals surface area contributed by atoms with E-state index in [1.165, 1.54) is 0 Å². The highest BCUT2D eigenvalue weighted by atomic mass is 19.4. The molecule has 0 aromatic carbocycles. The Morgan fingerprint density at radius 1 is 1.00 bits per heavy atom. The number of hydrogen-bond acceptors (Lipinski definition) is 3. The predicted octanol–water partition coefficient (Wildman–Crippen LogP) is 3.20. The highest BCUT2D eigenvalue weighted by molar-refractivity contribution is 5.42. The Bertz CT molecular complexity index is 616. The molecule has 106 valence electrons. The fraction of sp³-hybridized carbons (Fsp3) is 0.300. The number of pyridine rings is 1. The van der Waals surface area contributed by atoms with Crippen LogP contribution in [-0.2, 0) is 18.8 Å². The molecule has 0 saturated carbocycles. The topological polar surface area (TPSA) is 60.5 Å². The molecule has 3 nitrogen and oxygen atoms in total. The lowest BCUT2D eigenvalue weighted by atomic mass is 10.0. The second kappa shape index (κ2) is 4.96. The van der Waals surface area contributed by atoms with Crippen LogP contribution in [0.2, 0.25) is 0 Å². The Kier molecular flexibility index (Phi) is 3.89. The van der Waals surface area contributed by atoms with Crippen molar-refractivity contribution in [2.45, 2.75) is 18.8 Å². The molecule has 0 unspecified atom stereocenters. The van der Waals surface area contributed by atoms with Gasteiger partial charge in [0.15, 0.2) is 11.4 Å². The summed E-state index contributed by atoms with van der Waals surface area (Å²) in [6.45, 7) is 0. The van der Waals surface area contributed by atoms with Gasteiger partial charge in [0.25, 0.3) is 0 Å². The molecule has 0 N–H and O–H groups in total. The van der Waals surface area contributed by atoms with Crippen LogP contribution in [-0.4, -0.2) is 4.98 Å². The quantitative estimate of drug-likeness (QED) is 0.748. The average molecular weight is 297 g/mol. The van der Waals surface area contributed by atoms with Gasteiger partial charge in [0.1, 0.15) is 17.4 Å². The van der Waals surface area contributed by atoms with E-state index in [4.69, 9.17) is 10.5 Å². The van der Waals surface area contributed by atoms with Gasteiger partial charge < -0.3 is 0 Å². The van der Waals surface area contributed by atoms with Crippen molar-refractivity contribution in [2.24, 2.45) is 0 Å². The molecule has 0 aliphatic heterocycles. The Labute approximate surface area is 106 Å². The monoisotopic (exact) mass is 297 g/mol. The Hall–Kier alpha value is -2.36. The highest BCUT2D eigenvalue weighted by Crippen LogP contribution is 2.39. The average Bonchev–Trinajstić information content (AvgIpc) is 2.28. The molecule has 1 heterocycles. The third kappa shape index (κ3) is 2.79. The summed E-state index contributed by atoms with van der Waals surface area (Å²) in [4.78, 5) is 2.51. The van der Waals surface area contributed by atoms with E-state index in [-0.39, 0.29) is 0 Å². The molecule has 0 radical (unpaired) electrons. The van der Waals surface area contributed by atoms with Crippen LogP contribution in [0.25, 0.3) is 0 Å². The Balaban J connectivity index is 3.83. The van der Waals surface area contributed by atoms with E-state index in [9.17, 15) is 30.7 Å². The van der Waals surface area contributed by atoms with E-state index < -0.39 is 47.1 Å². The van der Waals surface area contributed by atoms with Gasteiger partial charge in [0.2, 0.25) is 0 Å². The van der Waals surface area contributed by atoms with Gasteiger partial charge in [-0.3, -0.25) is 0 Å². The summed E-state index contributed by atoms with van der Waals surface area (Å²) in [5.41, 5.74) is -7.49. The van der Waals surface area contributed by atoms with Crippen molar-refractivity contribution in [1.82, 2.24) is 4.98 Å². The van der Waals surface area contributed by atoms with Crippen LogP contribution in [0.5, 0.6) is 0 Å². The van der Waals surface area contributed by atoms with Crippen LogP contribution in [0, 0.1) is 28.5 Å². The number of nitriles is 2. The van der Waals surface area contributed by atoms with E-state index in [1.807, 2.05) is 0 Å². The Morgan fingerprint density at radius 3 is 1.90 bits per heavy atom. The van der Waals surface area contributed by atoms with Crippen LogP contribution >= 0.6 is 0 Å². The van der Waals surface area contributed by atoms with Crippen molar-refractivity contribution in [3.63, 3.8) is 0 Å². The fourth-order valence-corrected chi connectivity index (χ4v) is 1.41. The first kappa shape index (κ1) is 15.7. The molecule has 0 spiro atoms. The molecule has 1 aromatic heterocycles. The first-order valence-corrected chi connectivity index (χ1v) is 4.67. The number of halogens is 7. The van der Waals surface area contributed by atoms with Crippen molar-refractivity contribution in [1.29, 1.82) is 10.5 Å². The molecule has 10 heteroatoms. The van der Waals surface area contributed by atoms with Gasteiger partial charge in [-0.2, -0.15) is 36.9 Å². The maximum atomic E-state index is 13.6. The lowest BCUT2D eigenvalue weighted by Gasteiger charge is -2.16. The van der Waals surface area contributed by atoms with Crippen molar-refractivity contribution in [2.75, 3.05) is 0 Å². The lowest BCUT2D eigenvalue weighted by Crippen LogP contribution is -2.21. The number of aromatic nitrogens is 1. The zero-order valence-corrected chi connectivity index (χ0v) is 9.19. The van der Waals surface area contributed by atoms with Crippen LogP contribution in [0.1, 0.15) is 22.5 Å². The first-order chi connectivity index (χ1) is 9.04. The van der Waals surface area contributed by atoms with E-state index >= 15 is 0 Å². The van der Waals surface area contributed by atoms with Crippen molar-refractivity contribution < 1.29 is 30.7 Å². The minimum atomic E-state index is -5.41. The zero-order chi connectivity index (χ0) is 15.7. The van der Waals surface area contributed by atoms with Gasteiger partial charge in [-0.1, -0.05) is 0 Å². The molecule has 0 atom stereocenters. The van der Waals surface area contributed by atoms with Gasteiger partial charge in [-0.05, 0) is 0 Å². The minimum absolute atomic E-state index is 0.771. The maximum absolute atomic E-state index is 13.6. The second-order valence-electron chi connectivity index (χ2n) is 3.42. The molecule has 0 saturated heterocycles. The molecule has 0 fully saturated rings. The summed E-state index contributed by atoms with van der Waals surface area (Å²) in [5.74, 6) is -2.31. The number of hydrogen-bond donors (Lipinski definition) is 0. The fourth-order valence-electron chi connectivity index (χ4n) is 1.41. The number of alkyl halides is 6. The molecule has 0 aliphatic carbocycles. The Morgan fingerprint density at radius 2 is 1.55 bits per heavy atom. The third-order valence-corrected chi connectivity index (χ3v) is 2.14. The van der Waals surface area contributed by atoms with E-state index in [2.05, 4.69) is 4.98 Å². The SMILES string of the molecule is N#CCc1c(C(F)(F)F)nc(C#N)c(C(F)(F)F)c1F. The molecule has 20 heavy (non-hydrogen) atoms. The maximum Gasteiger partial charge on any atom is 0.433 e. The first-order valence-electron chi connectivity index (χ1n) is 4.67. The number of nitrogens with zero attached hydrogens (tertiary/aromatic N) is 3. The molecule has 1 aromatic rings. The van der Waals surface area contributed by atoms with Crippen molar-refractivity contribution in [3.8, 4) is 12.1 Å². The van der Waals surface area contributed by atoms with E-state index in [0.29, 0.717) is 0 Å². The normalized spacial score (nSPS) is 11.8. The molecule has 0 amide bonds. The van der Waals surface area contributed by atoms with Gasteiger partial charge in [-0.25, -0.2) is 9.37 Å². The largest absolute Gasteiger partial charge is 0.433 e. The van der Waals surface area contributed by atoms with Crippen molar-refractivity contribution in [3.05, 3.63) is 28.3 Å². The smallest absolute Gasteiger partial charge is 0.231 e. The number of rotatable bonds is 1. The molecular formula is C10H2F7N3. The second-order valence-corrected chi connectivity index (χ2v) is 3.42. The summed E-state index contributed by atoms with van der Waals surface area (Å²) in [6.07, 6.45) is -12.0. The van der Waals surface area contributed by atoms with Gasteiger partial charge >= 0.3 is 12.4 Å². The minimum Gasteiger partial charge on any atom is -0.231 e. The predicted molar refractivity (Wildman–Crippen MR) is 48.2 cm³/mol.